The van der Waals surface area contributed by atoms with E-state index in [0.29, 0.717) is 13.1 Å². The van der Waals surface area contributed by atoms with Crippen LogP contribution in [0.5, 0.6) is 0 Å². The molecule has 13 heavy (non-hydrogen) atoms. The molecule has 0 aliphatic heterocycles. The zero-order valence-electron chi connectivity index (χ0n) is 7.07. The van der Waals surface area contributed by atoms with E-state index in [2.05, 4.69) is 25.7 Å². The van der Waals surface area contributed by atoms with Gasteiger partial charge in [-0.15, -0.1) is 0 Å². The van der Waals surface area contributed by atoms with E-state index in [-0.39, 0.29) is 0 Å². The Hall–Kier alpha value is -0.900. The molecule has 0 bridgehead atoms. The number of carbonyl (C=O) groups excluding carboxylic acids is 1. The van der Waals surface area contributed by atoms with E-state index < -0.39 is 0 Å². The molecule has 0 spiro atoms. The molecule has 0 unspecified atom stereocenters. The molecule has 4 heteroatoms. The van der Waals surface area contributed by atoms with Crippen LogP contribution in [0.1, 0.15) is 12.0 Å². The van der Waals surface area contributed by atoms with Gasteiger partial charge in [-0.05, 0) is 40.4 Å². The Morgan fingerprint density at radius 2 is 2.38 bits per heavy atom. The molecule has 0 N–H and O–H groups in total. The summed E-state index contributed by atoms with van der Waals surface area (Å²) >= 11 is 3.26. The number of ether oxygens (including phenoxy) is 1. The predicted octanol–water partition coefficient (Wildman–Crippen LogP) is 1.95. The minimum atomic E-state index is 0.472. The molecule has 70 valence electrons. The van der Waals surface area contributed by atoms with Crippen molar-refractivity contribution in [3.63, 3.8) is 0 Å². The number of nitrogens with zero attached hydrogens (tertiary/aromatic N) is 1. The summed E-state index contributed by atoms with van der Waals surface area (Å²) in [6.07, 6.45) is 3.53. The van der Waals surface area contributed by atoms with Gasteiger partial charge in [0.25, 0.3) is 6.47 Å². The molecular formula is C9H10BrNO2. The molecule has 1 aromatic rings. The fourth-order valence-corrected chi connectivity index (χ4v) is 1.20. The third-order valence-electron chi connectivity index (χ3n) is 1.58. The van der Waals surface area contributed by atoms with Crippen LogP contribution >= 0.6 is 15.9 Å². The highest BCUT2D eigenvalue weighted by Gasteiger charge is 1.94. The van der Waals surface area contributed by atoms with E-state index in [9.17, 15) is 4.79 Å². The minimum Gasteiger partial charge on any atom is -0.468 e. The molecule has 0 aliphatic carbocycles. The standard InChI is InChI=1S/C9H10BrNO2/c10-9-4-3-8(6-11-9)2-1-5-13-7-12/h3-4,6-7H,1-2,5H2. The fourth-order valence-electron chi connectivity index (χ4n) is 0.962. The first-order chi connectivity index (χ1) is 6.33. The SMILES string of the molecule is O=COCCCc1ccc(Br)nc1. The number of carbonyl (C=O) groups is 1. The Morgan fingerprint density at radius 3 is 3.00 bits per heavy atom. The summed E-state index contributed by atoms with van der Waals surface area (Å²) in [6.45, 7) is 0.944. The van der Waals surface area contributed by atoms with Crippen LogP contribution in [0.4, 0.5) is 0 Å². The molecule has 0 aromatic carbocycles. The molecule has 0 aliphatic rings. The highest BCUT2D eigenvalue weighted by molar-refractivity contribution is 9.10. The van der Waals surface area contributed by atoms with E-state index in [4.69, 9.17) is 0 Å². The van der Waals surface area contributed by atoms with Gasteiger partial charge >= 0.3 is 0 Å². The molecule has 0 saturated heterocycles. The lowest BCUT2D eigenvalue weighted by molar-refractivity contribution is -0.128. The predicted molar refractivity (Wildman–Crippen MR) is 52.3 cm³/mol. The molecular weight excluding hydrogens is 234 g/mol. The molecule has 3 nitrogen and oxygen atoms in total. The second-order valence-corrected chi connectivity index (χ2v) is 3.37. The fraction of sp³-hybridized carbons (Fsp3) is 0.333. The highest BCUT2D eigenvalue weighted by Crippen LogP contribution is 2.07. The monoisotopic (exact) mass is 243 g/mol. The number of hydrogen-bond acceptors (Lipinski definition) is 3. The van der Waals surface area contributed by atoms with Gasteiger partial charge < -0.3 is 4.74 Å². The summed E-state index contributed by atoms with van der Waals surface area (Å²) in [5.74, 6) is 0. The van der Waals surface area contributed by atoms with E-state index in [1.165, 1.54) is 0 Å². The lowest BCUT2D eigenvalue weighted by atomic mass is 10.2. The summed E-state index contributed by atoms with van der Waals surface area (Å²) in [7, 11) is 0. The van der Waals surface area contributed by atoms with Crippen LogP contribution in [-0.2, 0) is 16.0 Å². The number of hydrogen-bond donors (Lipinski definition) is 0. The third kappa shape index (κ3) is 4.03. The van der Waals surface area contributed by atoms with Crippen molar-refractivity contribution in [1.29, 1.82) is 0 Å². The Morgan fingerprint density at radius 1 is 1.54 bits per heavy atom. The number of rotatable bonds is 5. The maximum Gasteiger partial charge on any atom is 0.293 e. The molecule has 1 heterocycles. The van der Waals surface area contributed by atoms with Gasteiger partial charge in [0.05, 0.1) is 6.61 Å². The van der Waals surface area contributed by atoms with Crippen molar-refractivity contribution < 1.29 is 9.53 Å². The molecule has 0 saturated carbocycles. The van der Waals surface area contributed by atoms with E-state index in [1.807, 2.05) is 18.3 Å². The Bertz CT molecular complexity index is 261. The Balaban J connectivity index is 2.28. The first kappa shape index (κ1) is 10.2. The number of aryl methyl sites for hydroxylation is 1. The van der Waals surface area contributed by atoms with Crippen LogP contribution in [-0.4, -0.2) is 18.1 Å². The average Bonchev–Trinajstić information content (AvgIpc) is 2.15. The van der Waals surface area contributed by atoms with Crippen molar-refractivity contribution in [3.05, 3.63) is 28.5 Å². The smallest absolute Gasteiger partial charge is 0.293 e. The summed E-state index contributed by atoms with van der Waals surface area (Å²) in [6, 6.07) is 3.90. The van der Waals surface area contributed by atoms with Crippen molar-refractivity contribution in [1.82, 2.24) is 4.98 Å². The van der Waals surface area contributed by atoms with Gasteiger partial charge in [0, 0.05) is 6.20 Å². The summed E-state index contributed by atoms with van der Waals surface area (Å²) < 4.78 is 5.40. The van der Waals surface area contributed by atoms with Crippen molar-refractivity contribution in [2.24, 2.45) is 0 Å². The van der Waals surface area contributed by atoms with Crippen molar-refractivity contribution >= 4 is 22.4 Å². The first-order valence-electron chi connectivity index (χ1n) is 3.98. The van der Waals surface area contributed by atoms with Crippen molar-refractivity contribution in [2.75, 3.05) is 6.61 Å². The van der Waals surface area contributed by atoms with Gasteiger partial charge in [-0.3, -0.25) is 4.79 Å². The minimum absolute atomic E-state index is 0.472. The van der Waals surface area contributed by atoms with Gasteiger partial charge in [0.1, 0.15) is 4.60 Å². The highest BCUT2D eigenvalue weighted by atomic mass is 79.9. The quantitative estimate of drug-likeness (QED) is 0.451. The first-order valence-corrected chi connectivity index (χ1v) is 4.78. The topological polar surface area (TPSA) is 39.2 Å². The largest absolute Gasteiger partial charge is 0.468 e. The molecule has 1 rings (SSSR count). The number of pyridine rings is 1. The average molecular weight is 244 g/mol. The van der Waals surface area contributed by atoms with Gasteiger partial charge in [-0.1, -0.05) is 6.07 Å². The summed E-state index contributed by atoms with van der Waals surface area (Å²) in [5.41, 5.74) is 1.15. The van der Waals surface area contributed by atoms with E-state index >= 15 is 0 Å². The molecule has 0 fully saturated rings. The zero-order valence-corrected chi connectivity index (χ0v) is 8.66. The number of aromatic nitrogens is 1. The van der Waals surface area contributed by atoms with Crippen LogP contribution in [0.3, 0.4) is 0 Å². The molecule has 0 amide bonds. The molecule has 0 atom stereocenters. The lowest BCUT2D eigenvalue weighted by Crippen LogP contribution is -1.95. The third-order valence-corrected chi connectivity index (χ3v) is 2.05. The van der Waals surface area contributed by atoms with E-state index in [1.54, 1.807) is 0 Å². The van der Waals surface area contributed by atoms with Gasteiger partial charge in [-0.25, -0.2) is 4.98 Å². The second-order valence-electron chi connectivity index (χ2n) is 2.56. The maximum atomic E-state index is 9.82. The van der Waals surface area contributed by atoms with Crippen LogP contribution in [0.15, 0.2) is 22.9 Å². The second kappa shape index (κ2) is 5.70. The van der Waals surface area contributed by atoms with Crippen LogP contribution in [0.25, 0.3) is 0 Å². The van der Waals surface area contributed by atoms with Crippen molar-refractivity contribution in [2.45, 2.75) is 12.8 Å². The van der Waals surface area contributed by atoms with Crippen molar-refractivity contribution in [3.8, 4) is 0 Å². The van der Waals surface area contributed by atoms with Crippen LogP contribution in [0, 0.1) is 0 Å². The van der Waals surface area contributed by atoms with E-state index in [0.717, 1.165) is 23.0 Å². The van der Waals surface area contributed by atoms with Crippen LogP contribution < -0.4 is 0 Å². The van der Waals surface area contributed by atoms with Gasteiger partial charge in [0.15, 0.2) is 0 Å². The maximum absolute atomic E-state index is 9.82. The van der Waals surface area contributed by atoms with Gasteiger partial charge in [-0.2, -0.15) is 0 Å². The van der Waals surface area contributed by atoms with Gasteiger partial charge in [0.2, 0.25) is 0 Å². The zero-order chi connectivity index (χ0) is 9.52. The lowest BCUT2D eigenvalue weighted by Gasteiger charge is -1.99. The molecule has 1 aromatic heterocycles. The normalized spacial score (nSPS) is 9.62. The number of halogens is 1. The summed E-state index contributed by atoms with van der Waals surface area (Å²) in [5, 5.41) is 0. The Kier molecular flexibility index (Phi) is 4.46. The summed E-state index contributed by atoms with van der Waals surface area (Å²) in [4.78, 5) is 13.9. The molecule has 0 radical (unpaired) electrons. The Labute approximate surface area is 85.3 Å². The van der Waals surface area contributed by atoms with Crippen LogP contribution in [0.2, 0.25) is 0 Å².